The van der Waals surface area contributed by atoms with Gasteiger partial charge in [-0.2, -0.15) is 0 Å². The highest BCUT2D eigenvalue weighted by Gasteiger charge is 2.12. The van der Waals surface area contributed by atoms with Crippen molar-refractivity contribution in [2.24, 2.45) is 0 Å². The Bertz CT molecular complexity index is 841. The number of benzene rings is 1. The Morgan fingerprint density at radius 3 is 2.86 bits per heavy atom. The van der Waals surface area contributed by atoms with Crippen molar-refractivity contribution < 1.29 is 4.79 Å². The summed E-state index contributed by atoms with van der Waals surface area (Å²) >= 11 is 3.29. The first-order valence-electron chi connectivity index (χ1n) is 6.36. The molecule has 6 heteroatoms. The number of aromatic nitrogens is 2. The number of amides is 1. The normalized spacial score (nSPS) is 10.8. The molecule has 2 aromatic heterocycles. The van der Waals surface area contributed by atoms with Crippen molar-refractivity contribution in [3.05, 3.63) is 52.4 Å². The third kappa shape index (κ3) is 2.62. The van der Waals surface area contributed by atoms with E-state index in [1.807, 2.05) is 19.1 Å². The largest absolute Gasteiger partial charge is 0.397 e. The van der Waals surface area contributed by atoms with E-state index in [9.17, 15) is 4.79 Å². The summed E-state index contributed by atoms with van der Waals surface area (Å²) in [6, 6.07) is 10.9. The molecule has 3 rings (SSSR count). The zero-order valence-corrected chi connectivity index (χ0v) is 12.9. The molecule has 0 radical (unpaired) electrons. The number of hydrogen-bond donors (Lipinski definition) is 3. The number of nitrogens with two attached hydrogens (primary N) is 1. The molecule has 2 heterocycles. The van der Waals surface area contributed by atoms with Crippen molar-refractivity contribution in [3.63, 3.8) is 0 Å². The van der Waals surface area contributed by atoms with E-state index in [0.29, 0.717) is 17.1 Å². The number of fused-ring (bicyclic) bond motifs is 1. The second-order valence-corrected chi connectivity index (χ2v) is 5.53. The number of para-hydroxylation sites is 1. The van der Waals surface area contributed by atoms with Crippen molar-refractivity contribution >= 4 is 44.1 Å². The lowest BCUT2D eigenvalue weighted by Crippen LogP contribution is -2.13. The first-order valence-corrected chi connectivity index (χ1v) is 7.15. The number of pyridine rings is 1. The quantitative estimate of drug-likeness (QED) is 0.491. The molecule has 0 aliphatic heterocycles. The number of carbonyl (C=O) groups is 1. The number of carbonyl (C=O) groups excluding carboxylic acids is 1. The van der Waals surface area contributed by atoms with Gasteiger partial charge in [0.2, 0.25) is 0 Å². The molecule has 4 N–H and O–H groups in total. The number of nitrogen functional groups attached to an aromatic ring is 1. The molecule has 0 spiro atoms. The van der Waals surface area contributed by atoms with Gasteiger partial charge in [0.15, 0.2) is 0 Å². The number of anilines is 2. The minimum absolute atomic E-state index is 0.224. The van der Waals surface area contributed by atoms with Crippen molar-refractivity contribution in [1.82, 2.24) is 9.97 Å². The predicted molar refractivity (Wildman–Crippen MR) is 87.3 cm³/mol. The van der Waals surface area contributed by atoms with Crippen LogP contribution in [0.1, 0.15) is 16.2 Å². The number of halogens is 1. The van der Waals surface area contributed by atoms with E-state index in [-0.39, 0.29) is 5.91 Å². The average Bonchev–Trinajstić information content (AvgIpc) is 2.87. The summed E-state index contributed by atoms with van der Waals surface area (Å²) in [5, 5.41) is 3.75. The molecule has 0 unspecified atom stereocenters. The van der Waals surface area contributed by atoms with Gasteiger partial charge >= 0.3 is 0 Å². The van der Waals surface area contributed by atoms with E-state index in [0.717, 1.165) is 21.2 Å². The fraction of sp³-hybridized carbons (Fsp3) is 0.0667. The van der Waals surface area contributed by atoms with Crippen molar-refractivity contribution in [2.75, 3.05) is 11.1 Å². The number of nitrogens with zero attached hydrogens (tertiary/aromatic N) is 1. The molecule has 0 aliphatic carbocycles. The van der Waals surface area contributed by atoms with Crippen molar-refractivity contribution in [3.8, 4) is 0 Å². The molecule has 0 bridgehead atoms. The van der Waals surface area contributed by atoms with Crippen LogP contribution < -0.4 is 11.1 Å². The van der Waals surface area contributed by atoms with Crippen molar-refractivity contribution in [1.29, 1.82) is 0 Å². The molecular formula is C15H13BrN4O. The SMILES string of the molecule is Cc1nc(Br)ccc1NC(=O)c1cc2cccc(N)c2[nH]1. The molecule has 1 amide bonds. The first-order chi connectivity index (χ1) is 10.0. The van der Waals surface area contributed by atoms with Crippen LogP contribution in [-0.2, 0) is 0 Å². The number of rotatable bonds is 2. The van der Waals surface area contributed by atoms with E-state index in [4.69, 9.17) is 5.73 Å². The Balaban J connectivity index is 1.92. The third-order valence-electron chi connectivity index (χ3n) is 3.23. The van der Waals surface area contributed by atoms with Gasteiger partial charge in [-0.05, 0) is 47.1 Å². The van der Waals surface area contributed by atoms with Gasteiger partial charge < -0.3 is 16.0 Å². The summed E-state index contributed by atoms with van der Waals surface area (Å²) < 4.78 is 0.733. The zero-order valence-electron chi connectivity index (χ0n) is 11.3. The minimum Gasteiger partial charge on any atom is -0.397 e. The van der Waals surface area contributed by atoms with Crippen LogP contribution in [0.2, 0.25) is 0 Å². The van der Waals surface area contributed by atoms with Gasteiger partial charge in [-0.25, -0.2) is 4.98 Å². The molecule has 0 aliphatic rings. The van der Waals surface area contributed by atoms with E-state index in [1.165, 1.54) is 0 Å². The van der Waals surface area contributed by atoms with E-state index < -0.39 is 0 Å². The van der Waals surface area contributed by atoms with Crippen LogP contribution in [0.4, 0.5) is 11.4 Å². The third-order valence-corrected chi connectivity index (χ3v) is 3.67. The molecule has 106 valence electrons. The maximum Gasteiger partial charge on any atom is 0.272 e. The van der Waals surface area contributed by atoms with Crippen molar-refractivity contribution in [2.45, 2.75) is 6.92 Å². The molecule has 21 heavy (non-hydrogen) atoms. The van der Waals surface area contributed by atoms with Crippen LogP contribution in [-0.4, -0.2) is 15.9 Å². The average molecular weight is 345 g/mol. The van der Waals surface area contributed by atoms with E-state index >= 15 is 0 Å². The van der Waals surface area contributed by atoms with Gasteiger partial charge in [0.1, 0.15) is 10.3 Å². The molecule has 0 saturated carbocycles. The lowest BCUT2D eigenvalue weighted by molar-refractivity contribution is 0.102. The Morgan fingerprint density at radius 1 is 1.33 bits per heavy atom. The Labute approximate surface area is 129 Å². The van der Waals surface area contributed by atoms with E-state index in [2.05, 4.69) is 31.2 Å². The van der Waals surface area contributed by atoms with Crippen LogP contribution >= 0.6 is 15.9 Å². The topological polar surface area (TPSA) is 83.8 Å². The number of hydrogen-bond acceptors (Lipinski definition) is 3. The lowest BCUT2D eigenvalue weighted by atomic mass is 10.2. The van der Waals surface area contributed by atoms with Crippen LogP contribution in [0.25, 0.3) is 10.9 Å². The Morgan fingerprint density at radius 2 is 2.14 bits per heavy atom. The number of nitrogens with one attached hydrogen (secondary N) is 2. The van der Waals surface area contributed by atoms with Gasteiger partial charge in [-0.15, -0.1) is 0 Å². The fourth-order valence-electron chi connectivity index (χ4n) is 2.15. The van der Waals surface area contributed by atoms with Crippen LogP contribution in [0, 0.1) is 6.92 Å². The molecule has 0 atom stereocenters. The molecule has 5 nitrogen and oxygen atoms in total. The summed E-state index contributed by atoms with van der Waals surface area (Å²) in [5.41, 5.74) is 9.16. The number of aromatic amines is 1. The highest BCUT2D eigenvalue weighted by atomic mass is 79.9. The summed E-state index contributed by atoms with van der Waals surface area (Å²) in [7, 11) is 0. The molecule has 1 aromatic carbocycles. The maximum absolute atomic E-state index is 12.3. The summed E-state index contributed by atoms with van der Waals surface area (Å²) in [4.78, 5) is 19.6. The number of H-pyrrole nitrogens is 1. The summed E-state index contributed by atoms with van der Waals surface area (Å²) in [5.74, 6) is -0.224. The summed E-state index contributed by atoms with van der Waals surface area (Å²) in [6.07, 6.45) is 0. The fourth-order valence-corrected chi connectivity index (χ4v) is 2.55. The second-order valence-electron chi connectivity index (χ2n) is 4.72. The summed E-state index contributed by atoms with van der Waals surface area (Å²) in [6.45, 7) is 1.84. The van der Waals surface area contributed by atoms with Gasteiger partial charge in [0.25, 0.3) is 5.91 Å². The maximum atomic E-state index is 12.3. The van der Waals surface area contributed by atoms with Crippen LogP contribution in [0.5, 0.6) is 0 Å². The molecule has 0 saturated heterocycles. The monoisotopic (exact) mass is 344 g/mol. The zero-order chi connectivity index (χ0) is 15.0. The first kappa shape index (κ1) is 13.6. The van der Waals surface area contributed by atoms with Crippen LogP contribution in [0.3, 0.4) is 0 Å². The minimum atomic E-state index is -0.224. The van der Waals surface area contributed by atoms with Gasteiger partial charge in [-0.1, -0.05) is 12.1 Å². The van der Waals surface area contributed by atoms with Gasteiger partial charge in [0, 0.05) is 5.39 Å². The predicted octanol–water partition coefficient (Wildman–Crippen LogP) is 3.47. The highest BCUT2D eigenvalue weighted by Crippen LogP contribution is 2.22. The smallest absolute Gasteiger partial charge is 0.272 e. The second kappa shape index (κ2) is 5.21. The Kier molecular flexibility index (Phi) is 3.39. The Hall–Kier alpha value is -2.34. The molecular weight excluding hydrogens is 332 g/mol. The van der Waals surface area contributed by atoms with Gasteiger partial charge in [0.05, 0.1) is 22.6 Å². The van der Waals surface area contributed by atoms with Crippen LogP contribution in [0.15, 0.2) is 41.0 Å². The molecule has 0 fully saturated rings. The molecule has 3 aromatic rings. The standard InChI is InChI=1S/C15H13BrN4O/c1-8-11(5-6-13(16)18-8)20-15(21)12-7-9-3-2-4-10(17)14(9)19-12/h2-7,19H,17H2,1H3,(H,20,21). The van der Waals surface area contributed by atoms with E-state index in [1.54, 1.807) is 24.3 Å². The number of aryl methyl sites for hydroxylation is 1. The highest BCUT2D eigenvalue weighted by molar-refractivity contribution is 9.10. The lowest BCUT2D eigenvalue weighted by Gasteiger charge is -2.06. The van der Waals surface area contributed by atoms with Gasteiger partial charge in [-0.3, -0.25) is 4.79 Å².